The quantitative estimate of drug-likeness (QED) is 0.749. The number of carbonyl (C=O) groups excluding carboxylic acids is 1. The second kappa shape index (κ2) is 6.55. The van der Waals surface area contributed by atoms with Gasteiger partial charge in [-0.25, -0.2) is 0 Å². The molecule has 1 aromatic rings. The maximum atomic E-state index is 12.0. The van der Waals surface area contributed by atoms with Crippen molar-refractivity contribution in [1.29, 1.82) is 0 Å². The molecule has 1 atom stereocenters. The lowest BCUT2D eigenvalue weighted by Gasteiger charge is -2.20. The lowest BCUT2D eigenvalue weighted by molar-refractivity contribution is -0.130. The molecule has 94 valence electrons. The fourth-order valence-electron chi connectivity index (χ4n) is 2.00. The maximum absolute atomic E-state index is 12.0. The van der Waals surface area contributed by atoms with E-state index in [0.717, 1.165) is 23.1 Å². The van der Waals surface area contributed by atoms with E-state index < -0.39 is 0 Å². The molecule has 1 rings (SSSR count). The van der Waals surface area contributed by atoms with Gasteiger partial charge in [0.25, 0.3) is 0 Å². The van der Waals surface area contributed by atoms with E-state index in [0.29, 0.717) is 13.0 Å². The molecule has 0 N–H and O–H groups in total. The smallest absolute Gasteiger partial charge is 0.165 e. The molecule has 0 heterocycles. The largest absolute Gasteiger partial charge is 0.366 e. The van der Waals surface area contributed by atoms with E-state index in [9.17, 15) is 4.79 Å². The van der Waals surface area contributed by atoms with Crippen molar-refractivity contribution in [3.63, 3.8) is 0 Å². The molecule has 0 aliphatic heterocycles. The number of benzene rings is 1. The molecule has 1 unspecified atom stereocenters. The minimum Gasteiger partial charge on any atom is -0.366 e. The third-order valence-electron chi connectivity index (χ3n) is 2.93. The molecule has 0 aliphatic rings. The summed E-state index contributed by atoms with van der Waals surface area (Å²) in [5.41, 5.74) is 3.31. The van der Waals surface area contributed by atoms with E-state index in [1.54, 1.807) is 0 Å². The predicted molar refractivity (Wildman–Crippen MR) is 70.2 cm³/mol. The Bertz CT molecular complexity index is 362. The Morgan fingerprint density at radius 2 is 1.82 bits per heavy atom. The first-order chi connectivity index (χ1) is 8.11. The monoisotopic (exact) mass is 234 g/mol. The van der Waals surface area contributed by atoms with Crippen LogP contribution in [0.5, 0.6) is 0 Å². The normalized spacial score (nSPS) is 12.5. The Hall–Kier alpha value is -1.15. The van der Waals surface area contributed by atoms with Crippen LogP contribution in [0.3, 0.4) is 0 Å². The van der Waals surface area contributed by atoms with Crippen molar-refractivity contribution in [3.8, 4) is 0 Å². The summed E-state index contributed by atoms with van der Waals surface area (Å²) < 4.78 is 5.74. The second-order valence-corrected chi connectivity index (χ2v) is 4.38. The van der Waals surface area contributed by atoms with Crippen LogP contribution in [0, 0.1) is 13.8 Å². The van der Waals surface area contributed by atoms with Crippen LogP contribution in [0.1, 0.15) is 49.5 Å². The van der Waals surface area contributed by atoms with Crippen LogP contribution in [-0.2, 0) is 9.53 Å². The lowest BCUT2D eigenvalue weighted by atomic mass is 9.94. The number of hydrogen-bond donors (Lipinski definition) is 0. The number of ketones is 1. The maximum Gasteiger partial charge on any atom is 0.165 e. The van der Waals surface area contributed by atoms with Crippen molar-refractivity contribution in [2.45, 2.75) is 46.6 Å². The summed E-state index contributed by atoms with van der Waals surface area (Å²) in [6.07, 6.45) is 1.06. The first-order valence-corrected chi connectivity index (χ1v) is 6.32. The van der Waals surface area contributed by atoms with Crippen molar-refractivity contribution < 1.29 is 9.53 Å². The van der Waals surface area contributed by atoms with Gasteiger partial charge in [0, 0.05) is 13.0 Å². The van der Waals surface area contributed by atoms with Gasteiger partial charge < -0.3 is 4.74 Å². The van der Waals surface area contributed by atoms with E-state index in [4.69, 9.17) is 4.74 Å². The van der Waals surface area contributed by atoms with Crippen molar-refractivity contribution >= 4 is 5.78 Å². The number of carbonyl (C=O) groups is 1. The molecule has 0 fully saturated rings. The predicted octanol–water partition coefficient (Wildman–Crippen LogP) is 3.75. The van der Waals surface area contributed by atoms with Gasteiger partial charge in [0.05, 0.1) is 0 Å². The van der Waals surface area contributed by atoms with E-state index >= 15 is 0 Å². The van der Waals surface area contributed by atoms with E-state index in [1.165, 1.54) is 0 Å². The van der Waals surface area contributed by atoms with E-state index in [-0.39, 0.29) is 11.9 Å². The molecule has 1 aromatic carbocycles. The number of ether oxygens (including phenoxy) is 1. The molecule has 0 radical (unpaired) electrons. The lowest BCUT2D eigenvalue weighted by Crippen LogP contribution is -2.18. The zero-order valence-corrected chi connectivity index (χ0v) is 11.2. The first kappa shape index (κ1) is 13.9. The average Bonchev–Trinajstić information content (AvgIpc) is 2.32. The van der Waals surface area contributed by atoms with Crippen molar-refractivity contribution in [1.82, 2.24) is 0 Å². The van der Waals surface area contributed by atoms with Crippen molar-refractivity contribution in [2.24, 2.45) is 0 Å². The van der Waals surface area contributed by atoms with Crippen LogP contribution in [0.4, 0.5) is 0 Å². The van der Waals surface area contributed by atoms with Gasteiger partial charge in [-0.3, -0.25) is 4.79 Å². The summed E-state index contributed by atoms with van der Waals surface area (Å²) in [6, 6.07) is 6.09. The summed E-state index contributed by atoms with van der Waals surface area (Å²) >= 11 is 0. The van der Waals surface area contributed by atoms with Crippen LogP contribution in [-0.4, -0.2) is 12.4 Å². The van der Waals surface area contributed by atoms with Crippen molar-refractivity contribution in [3.05, 3.63) is 34.9 Å². The molecule has 2 nitrogen and oxygen atoms in total. The molecule has 0 spiro atoms. The number of aryl methyl sites for hydroxylation is 2. The van der Waals surface area contributed by atoms with Gasteiger partial charge in [0.2, 0.25) is 0 Å². The first-order valence-electron chi connectivity index (χ1n) is 6.32. The third kappa shape index (κ3) is 3.40. The SMILES string of the molecule is CCCOC(C(=O)CC)c1c(C)cccc1C. The summed E-state index contributed by atoms with van der Waals surface area (Å²) in [4.78, 5) is 12.0. The van der Waals surface area contributed by atoms with E-state index in [1.807, 2.05) is 39.0 Å². The summed E-state index contributed by atoms with van der Waals surface area (Å²) in [6.45, 7) is 8.64. The Kier molecular flexibility index (Phi) is 5.36. The fraction of sp³-hybridized carbons (Fsp3) is 0.533. The highest BCUT2D eigenvalue weighted by atomic mass is 16.5. The highest BCUT2D eigenvalue weighted by molar-refractivity contribution is 5.84. The minimum atomic E-state index is -0.388. The van der Waals surface area contributed by atoms with Gasteiger partial charge in [-0.1, -0.05) is 32.0 Å². The van der Waals surface area contributed by atoms with Gasteiger partial charge in [-0.05, 0) is 37.0 Å². The van der Waals surface area contributed by atoms with Gasteiger partial charge in [0.15, 0.2) is 5.78 Å². The van der Waals surface area contributed by atoms with Crippen LogP contribution in [0.2, 0.25) is 0 Å². The van der Waals surface area contributed by atoms with Crippen LogP contribution < -0.4 is 0 Å². The Labute approximate surface area is 104 Å². The number of hydrogen-bond acceptors (Lipinski definition) is 2. The van der Waals surface area contributed by atoms with Gasteiger partial charge >= 0.3 is 0 Å². The topological polar surface area (TPSA) is 26.3 Å². The Morgan fingerprint density at radius 3 is 2.29 bits per heavy atom. The van der Waals surface area contributed by atoms with E-state index in [2.05, 4.69) is 6.92 Å². The zero-order chi connectivity index (χ0) is 12.8. The average molecular weight is 234 g/mol. The molecular formula is C15H22O2. The molecule has 0 amide bonds. The molecule has 0 saturated heterocycles. The minimum absolute atomic E-state index is 0.163. The van der Waals surface area contributed by atoms with Crippen molar-refractivity contribution in [2.75, 3.05) is 6.61 Å². The number of rotatable bonds is 6. The molecule has 0 saturated carbocycles. The molecule has 0 aromatic heterocycles. The zero-order valence-electron chi connectivity index (χ0n) is 11.2. The highest BCUT2D eigenvalue weighted by Gasteiger charge is 2.22. The number of Topliss-reactive ketones (excluding diaryl/α,β-unsaturated/α-hetero) is 1. The Balaban J connectivity index is 3.07. The molecule has 2 heteroatoms. The third-order valence-corrected chi connectivity index (χ3v) is 2.93. The standard InChI is InChI=1S/C15H22O2/c1-5-10-17-15(13(16)6-2)14-11(3)8-7-9-12(14)4/h7-9,15H,5-6,10H2,1-4H3. The Morgan fingerprint density at radius 1 is 1.24 bits per heavy atom. The molecule has 0 aliphatic carbocycles. The van der Waals surface area contributed by atoms with Crippen LogP contribution in [0.15, 0.2) is 18.2 Å². The highest BCUT2D eigenvalue weighted by Crippen LogP contribution is 2.26. The fourth-order valence-corrected chi connectivity index (χ4v) is 2.00. The summed E-state index contributed by atoms with van der Waals surface area (Å²) in [7, 11) is 0. The van der Waals surface area contributed by atoms with Crippen LogP contribution >= 0.6 is 0 Å². The van der Waals surface area contributed by atoms with Gasteiger partial charge in [-0.15, -0.1) is 0 Å². The molecule has 17 heavy (non-hydrogen) atoms. The summed E-state index contributed by atoms with van der Waals surface area (Å²) in [5.74, 6) is 0.163. The molecular weight excluding hydrogens is 212 g/mol. The van der Waals surface area contributed by atoms with Crippen LogP contribution in [0.25, 0.3) is 0 Å². The summed E-state index contributed by atoms with van der Waals surface area (Å²) in [5, 5.41) is 0. The second-order valence-electron chi connectivity index (χ2n) is 4.38. The van der Waals surface area contributed by atoms with Gasteiger partial charge in [-0.2, -0.15) is 0 Å². The molecule has 0 bridgehead atoms. The van der Waals surface area contributed by atoms with Gasteiger partial charge in [0.1, 0.15) is 6.10 Å².